The number of rotatable bonds is 4. The van der Waals surface area contributed by atoms with E-state index in [1.807, 2.05) is 19.1 Å². The molecule has 0 saturated carbocycles. The van der Waals surface area contributed by atoms with Crippen LogP contribution in [0.4, 0.5) is 0 Å². The van der Waals surface area contributed by atoms with Crippen LogP contribution in [0.3, 0.4) is 0 Å². The molecule has 1 heterocycles. The van der Waals surface area contributed by atoms with Gasteiger partial charge in [-0.25, -0.2) is 0 Å². The number of likely N-dealkylation sites (tertiary alicyclic amines) is 1. The highest BCUT2D eigenvalue weighted by Crippen LogP contribution is 2.31. The molecule has 20 heavy (non-hydrogen) atoms. The quantitative estimate of drug-likeness (QED) is 0.624. The Labute approximate surface area is 118 Å². The zero-order valence-corrected chi connectivity index (χ0v) is 12.1. The highest BCUT2D eigenvalue weighted by atomic mass is 16.2. The number of hydrogen-bond donors (Lipinski definition) is 0. The molecule has 0 aliphatic carbocycles. The first kappa shape index (κ1) is 14.4. The molecule has 0 N–H and O–H groups in total. The standard InChI is InChI=1S/C16H19NO3/c1-4-11-5-7-12(8-6-11)13(18)10-17-14(19)9-16(2,3)15(17)20/h5-8H,4,9-10H2,1-3H3. The zero-order valence-electron chi connectivity index (χ0n) is 12.1. The summed E-state index contributed by atoms with van der Waals surface area (Å²) >= 11 is 0. The van der Waals surface area contributed by atoms with Crippen LogP contribution in [-0.4, -0.2) is 29.0 Å². The van der Waals surface area contributed by atoms with Gasteiger partial charge in [-0.15, -0.1) is 0 Å². The molecule has 0 bridgehead atoms. The lowest BCUT2D eigenvalue weighted by Crippen LogP contribution is -2.37. The van der Waals surface area contributed by atoms with Gasteiger partial charge in [0.25, 0.3) is 0 Å². The number of benzene rings is 1. The minimum absolute atomic E-state index is 0.160. The predicted molar refractivity (Wildman–Crippen MR) is 75.3 cm³/mol. The minimum Gasteiger partial charge on any atom is -0.292 e. The molecule has 1 aromatic carbocycles. The normalized spacial score (nSPS) is 17.6. The topological polar surface area (TPSA) is 54.5 Å². The first-order valence-corrected chi connectivity index (χ1v) is 6.82. The van der Waals surface area contributed by atoms with Crippen LogP contribution in [-0.2, 0) is 16.0 Å². The van der Waals surface area contributed by atoms with E-state index in [1.165, 1.54) is 0 Å². The van der Waals surface area contributed by atoms with Gasteiger partial charge in [0.2, 0.25) is 11.8 Å². The van der Waals surface area contributed by atoms with Crippen LogP contribution in [0.25, 0.3) is 0 Å². The monoisotopic (exact) mass is 273 g/mol. The van der Waals surface area contributed by atoms with E-state index in [1.54, 1.807) is 26.0 Å². The number of amides is 2. The summed E-state index contributed by atoms with van der Waals surface area (Å²) in [6, 6.07) is 7.28. The summed E-state index contributed by atoms with van der Waals surface area (Å²) < 4.78 is 0. The summed E-state index contributed by atoms with van der Waals surface area (Å²) in [6.45, 7) is 5.34. The van der Waals surface area contributed by atoms with Crippen molar-refractivity contribution in [3.63, 3.8) is 0 Å². The van der Waals surface area contributed by atoms with Gasteiger partial charge in [0, 0.05) is 12.0 Å². The predicted octanol–water partition coefficient (Wildman–Crippen LogP) is 2.22. The SMILES string of the molecule is CCc1ccc(C(=O)CN2C(=O)CC(C)(C)C2=O)cc1. The Hall–Kier alpha value is -1.97. The number of hydrogen-bond acceptors (Lipinski definition) is 3. The number of aryl methyl sites for hydroxylation is 1. The van der Waals surface area contributed by atoms with E-state index >= 15 is 0 Å². The summed E-state index contributed by atoms with van der Waals surface area (Å²) in [5.41, 5.74) is 0.993. The van der Waals surface area contributed by atoms with Gasteiger partial charge in [-0.3, -0.25) is 19.3 Å². The van der Waals surface area contributed by atoms with E-state index in [0.717, 1.165) is 16.9 Å². The van der Waals surface area contributed by atoms with Gasteiger partial charge >= 0.3 is 0 Å². The third-order valence-electron chi connectivity index (χ3n) is 3.70. The lowest BCUT2D eigenvalue weighted by atomic mass is 9.92. The molecule has 4 nitrogen and oxygen atoms in total. The number of carbonyl (C=O) groups excluding carboxylic acids is 3. The van der Waals surface area contributed by atoms with Crippen molar-refractivity contribution in [3.05, 3.63) is 35.4 Å². The minimum atomic E-state index is -0.691. The number of ketones is 1. The summed E-state index contributed by atoms with van der Waals surface area (Å²) in [6.07, 6.45) is 1.08. The van der Waals surface area contributed by atoms with Gasteiger partial charge in [0.1, 0.15) is 0 Å². The van der Waals surface area contributed by atoms with Crippen molar-refractivity contribution in [3.8, 4) is 0 Å². The number of Topliss-reactive ketones (excluding diaryl/α,β-unsaturated/α-hetero) is 1. The second kappa shape index (κ2) is 5.19. The zero-order chi connectivity index (χ0) is 14.9. The molecular formula is C16H19NO3. The van der Waals surface area contributed by atoms with E-state index in [9.17, 15) is 14.4 Å². The highest BCUT2D eigenvalue weighted by Gasteiger charge is 2.45. The van der Waals surface area contributed by atoms with E-state index in [0.29, 0.717) is 5.56 Å². The van der Waals surface area contributed by atoms with Crippen molar-refractivity contribution >= 4 is 17.6 Å². The molecule has 2 rings (SSSR count). The molecule has 0 atom stereocenters. The smallest absolute Gasteiger partial charge is 0.235 e. The molecule has 1 aliphatic rings. The van der Waals surface area contributed by atoms with Gasteiger partial charge in [0.05, 0.1) is 12.0 Å². The summed E-state index contributed by atoms with van der Waals surface area (Å²) in [5.74, 6) is -0.730. The Morgan fingerprint density at radius 2 is 1.80 bits per heavy atom. The van der Waals surface area contributed by atoms with E-state index in [4.69, 9.17) is 0 Å². The fourth-order valence-corrected chi connectivity index (χ4v) is 2.35. The third kappa shape index (κ3) is 2.64. The maximum atomic E-state index is 12.2. The van der Waals surface area contributed by atoms with E-state index in [-0.39, 0.29) is 30.6 Å². The van der Waals surface area contributed by atoms with Crippen LogP contribution in [0.2, 0.25) is 0 Å². The van der Waals surface area contributed by atoms with Crippen LogP contribution in [0.5, 0.6) is 0 Å². The largest absolute Gasteiger partial charge is 0.292 e. The van der Waals surface area contributed by atoms with Crippen LogP contribution >= 0.6 is 0 Å². The van der Waals surface area contributed by atoms with Crippen molar-refractivity contribution in [1.29, 1.82) is 0 Å². The van der Waals surface area contributed by atoms with Crippen molar-refractivity contribution in [2.45, 2.75) is 33.6 Å². The molecule has 0 unspecified atom stereocenters. The maximum Gasteiger partial charge on any atom is 0.235 e. The van der Waals surface area contributed by atoms with Crippen molar-refractivity contribution < 1.29 is 14.4 Å². The molecule has 0 radical (unpaired) electrons. The first-order valence-electron chi connectivity index (χ1n) is 6.82. The Balaban J connectivity index is 2.11. The van der Waals surface area contributed by atoms with Gasteiger partial charge in [0.15, 0.2) is 5.78 Å². The number of nitrogens with zero attached hydrogens (tertiary/aromatic N) is 1. The molecular weight excluding hydrogens is 254 g/mol. The van der Waals surface area contributed by atoms with Crippen LogP contribution in [0, 0.1) is 5.41 Å². The molecule has 1 fully saturated rings. The first-order chi connectivity index (χ1) is 9.35. The molecule has 1 aromatic rings. The third-order valence-corrected chi connectivity index (χ3v) is 3.70. The molecule has 0 aromatic heterocycles. The Kier molecular flexibility index (Phi) is 3.75. The number of carbonyl (C=O) groups is 3. The van der Waals surface area contributed by atoms with Crippen molar-refractivity contribution in [1.82, 2.24) is 4.90 Å². The Morgan fingerprint density at radius 1 is 1.20 bits per heavy atom. The molecule has 4 heteroatoms. The highest BCUT2D eigenvalue weighted by molar-refractivity contribution is 6.10. The van der Waals surface area contributed by atoms with Gasteiger partial charge in [-0.2, -0.15) is 0 Å². The molecule has 1 aliphatic heterocycles. The molecule has 0 spiro atoms. The average molecular weight is 273 g/mol. The van der Waals surface area contributed by atoms with Crippen LogP contribution < -0.4 is 0 Å². The second-order valence-electron chi connectivity index (χ2n) is 5.82. The summed E-state index contributed by atoms with van der Waals surface area (Å²) in [7, 11) is 0. The fourth-order valence-electron chi connectivity index (χ4n) is 2.35. The maximum absolute atomic E-state index is 12.2. The van der Waals surface area contributed by atoms with Crippen molar-refractivity contribution in [2.75, 3.05) is 6.54 Å². The molecule has 106 valence electrons. The van der Waals surface area contributed by atoms with Gasteiger partial charge < -0.3 is 0 Å². The van der Waals surface area contributed by atoms with Gasteiger partial charge in [-0.1, -0.05) is 45.0 Å². The van der Waals surface area contributed by atoms with Crippen molar-refractivity contribution in [2.24, 2.45) is 5.41 Å². The van der Waals surface area contributed by atoms with Crippen LogP contribution in [0.1, 0.15) is 43.1 Å². The van der Waals surface area contributed by atoms with Crippen LogP contribution in [0.15, 0.2) is 24.3 Å². The molecule has 1 saturated heterocycles. The molecule has 2 amide bonds. The van der Waals surface area contributed by atoms with E-state index < -0.39 is 5.41 Å². The fraction of sp³-hybridized carbons (Fsp3) is 0.438. The lowest BCUT2D eigenvalue weighted by molar-refractivity contribution is -0.140. The average Bonchev–Trinajstić information content (AvgIpc) is 2.61. The summed E-state index contributed by atoms with van der Waals surface area (Å²) in [4.78, 5) is 37.1. The number of imide groups is 1. The second-order valence-corrected chi connectivity index (χ2v) is 5.82. The lowest BCUT2D eigenvalue weighted by Gasteiger charge is -2.17. The Bertz CT molecular complexity index is 558. The van der Waals surface area contributed by atoms with E-state index in [2.05, 4.69) is 0 Å². The Morgan fingerprint density at radius 3 is 2.25 bits per heavy atom. The van der Waals surface area contributed by atoms with Gasteiger partial charge in [-0.05, 0) is 12.0 Å². The summed E-state index contributed by atoms with van der Waals surface area (Å²) in [5, 5.41) is 0.